The molecular formula is C16H23BrN4. The molecule has 0 saturated carbocycles. The van der Waals surface area contributed by atoms with Crippen LogP contribution in [0.5, 0.6) is 0 Å². The molecule has 1 unspecified atom stereocenters. The third-order valence-corrected chi connectivity index (χ3v) is 4.17. The summed E-state index contributed by atoms with van der Waals surface area (Å²) in [7, 11) is 0. The minimum atomic E-state index is 0.217. The molecule has 0 radical (unpaired) electrons. The van der Waals surface area contributed by atoms with Gasteiger partial charge < -0.3 is 5.32 Å². The second-order valence-corrected chi connectivity index (χ2v) is 6.45. The number of nitrogens with one attached hydrogen (secondary N) is 1. The van der Waals surface area contributed by atoms with Crippen molar-refractivity contribution in [1.82, 2.24) is 20.3 Å². The molecule has 1 aromatic carbocycles. The lowest BCUT2D eigenvalue weighted by Gasteiger charge is -2.14. The molecule has 114 valence electrons. The number of aromatic nitrogens is 3. The zero-order valence-corrected chi connectivity index (χ0v) is 15.0. The quantitative estimate of drug-likeness (QED) is 0.885. The van der Waals surface area contributed by atoms with Gasteiger partial charge in [0.2, 0.25) is 0 Å². The highest BCUT2D eigenvalue weighted by molar-refractivity contribution is 9.10. The maximum atomic E-state index is 4.39. The summed E-state index contributed by atoms with van der Waals surface area (Å²) in [6.45, 7) is 11.6. The molecule has 0 aliphatic heterocycles. The SMILES string of the molecule is CCCNC(C)c1nnn(-c2c(C)cc(Br)cc2C)c1C. The Balaban J connectivity index is 2.41. The lowest BCUT2D eigenvalue weighted by molar-refractivity contribution is 0.555. The van der Waals surface area contributed by atoms with E-state index in [1.54, 1.807) is 0 Å². The molecule has 4 nitrogen and oxygen atoms in total. The van der Waals surface area contributed by atoms with Gasteiger partial charge in [0.25, 0.3) is 0 Å². The Morgan fingerprint density at radius 2 is 1.86 bits per heavy atom. The number of hydrogen-bond donors (Lipinski definition) is 1. The molecule has 0 amide bonds. The number of aryl methyl sites for hydroxylation is 2. The van der Waals surface area contributed by atoms with Crippen LogP contribution in [0.25, 0.3) is 5.69 Å². The highest BCUT2D eigenvalue weighted by Crippen LogP contribution is 2.26. The van der Waals surface area contributed by atoms with Crippen LogP contribution < -0.4 is 5.32 Å². The van der Waals surface area contributed by atoms with E-state index in [1.807, 2.05) is 4.68 Å². The van der Waals surface area contributed by atoms with Gasteiger partial charge in [-0.05, 0) is 63.9 Å². The summed E-state index contributed by atoms with van der Waals surface area (Å²) in [5.41, 5.74) is 5.62. The molecule has 1 heterocycles. The van der Waals surface area contributed by atoms with Crippen molar-refractivity contribution >= 4 is 15.9 Å². The van der Waals surface area contributed by atoms with Crippen molar-refractivity contribution < 1.29 is 0 Å². The second-order valence-electron chi connectivity index (χ2n) is 5.54. The van der Waals surface area contributed by atoms with Gasteiger partial charge in [-0.1, -0.05) is 28.1 Å². The third-order valence-electron chi connectivity index (χ3n) is 3.71. The molecule has 1 atom stereocenters. The predicted octanol–water partition coefficient (Wildman–Crippen LogP) is 4.02. The number of benzene rings is 1. The fourth-order valence-corrected chi connectivity index (χ4v) is 3.33. The fraction of sp³-hybridized carbons (Fsp3) is 0.500. The molecule has 0 aliphatic rings. The first-order valence-electron chi connectivity index (χ1n) is 7.38. The summed E-state index contributed by atoms with van der Waals surface area (Å²) < 4.78 is 3.05. The number of rotatable bonds is 5. The van der Waals surface area contributed by atoms with Gasteiger partial charge in [0.15, 0.2) is 0 Å². The molecule has 21 heavy (non-hydrogen) atoms. The maximum Gasteiger partial charge on any atom is 0.103 e. The molecule has 0 spiro atoms. The Kier molecular flexibility index (Phi) is 5.17. The molecule has 0 aliphatic carbocycles. The van der Waals surface area contributed by atoms with Crippen molar-refractivity contribution in [3.63, 3.8) is 0 Å². The van der Waals surface area contributed by atoms with Crippen LogP contribution in [0.4, 0.5) is 0 Å². The van der Waals surface area contributed by atoms with Crippen LogP contribution in [-0.4, -0.2) is 21.5 Å². The van der Waals surface area contributed by atoms with E-state index in [0.717, 1.165) is 34.5 Å². The van der Waals surface area contributed by atoms with Crippen LogP contribution in [0.15, 0.2) is 16.6 Å². The van der Waals surface area contributed by atoms with Gasteiger partial charge >= 0.3 is 0 Å². The zero-order valence-electron chi connectivity index (χ0n) is 13.4. The van der Waals surface area contributed by atoms with E-state index in [2.05, 4.69) is 78.3 Å². The van der Waals surface area contributed by atoms with Crippen molar-refractivity contribution in [2.24, 2.45) is 0 Å². The van der Waals surface area contributed by atoms with Crippen molar-refractivity contribution in [1.29, 1.82) is 0 Å². The molecule has 5 heteroatoms. The average molecular weight is 351 g/mol. The normalized spacial score (nSPS) is 12.7. The fourth-order valence-electron chi connectivity index (χ4n) is 2.65. The van der Waals surface area contributed by atoms with Crippen LogP contribution in [0.1, 0.15) is 48.8 Å². The molecular weight excluding hydrogens is 328 g/mol. The largest absolute Gasteiger partial charge is 0.309 e. The average Bonchev–Trinajstić information content (AvgIpc) is 2.77. The predicted molar refractivity (Wildman–Crippen MR) is 90.0 cm³/mol. The summed E-state index contributed by atoms with van der Waals surface area (Å²) in [5.74, 6) is 0. The van der Waals surface area contributed by atoms with E-state index in [0.29, 0.717) is 0 Å². The Hall–Kier alpha value is -1.20. The highest BCUT2D eigenvalue weighted by Gasteiger charge is 2.18. The molecule has 2 rings (SSSR count). The minimum absolute atomic E-state index is 0.217. The second kappa shape index (κ2) is 6.71. The number of nitrogens with zero attached hydrogens (tertiary/aromatic N) is 3. The summed E-state index contributed by atoms with van der Waals surface area (Å²) in [6.07, 6.45) is 1.11. The van der Waals surface area contributed by atoms with Crippen LogP contribution in [-0.2, 0) is 0 Å². The molecule has 0 fully saturated rings. The first kappa shape index (κ1) is 16.2. The van der Waals surface area contributed by atoms with Crippen molar-refractivity contribution in [2.45, 2.75) is 47.1 Å². The highest BCUT2D eigenvalue weighted by atomic mass is 79.9. The van der Waals surface area contributed by atoms with E-state index >= 15 is 0 Å². The first-order valence-corrected chi connectivity index (χ1v) is 8.17. The van der Waals surface area contributed by atoms with E-state index < -0.39 is 0 Å². The van der Waals surface area contributed by atoms with Crippen LogP contribution in [0.3, 0.4) is 0 Å². The van der Waals surface area contributed by atoms with Crippen LogP contribution >= 0.6 is 15.9 Å². The lowest BCUT2D eigenvalue weighted by atomic mass is 10.1. The maximum absolute atomic E-state index is 4.39. The van der Waals surface area contributed by atoms with Gasteiger partial charge in [-0.3, -0.25) is 0 Å². The van der Waals surface area contributed by atoms with Crippen LogP contribution in [0, 0.1) is 20.8 Å². The van der Waals surface area contributed by atoms with Gasteiger partial charge in [-0.15, -0.1) is 5.10 Å². The number of hydrogen-bond acceptors (Lipinski definition) is 3. The monoisotopic (exact) mass is 350 g/mol. The summed E-state index contributed by atoms with van der Waals surface area (Å²) in [5, 5.41) is 12.2. The van der Waals surface area contributed by atoms with Gasteiger partial charge in [0, 0.05) is 4.47 Å². The topological polar surface area (TPSA) is 42.7 Å². The molecule has 1 aromatic heterocycles. The van der Waals surface area contributed by atoms with Gasteiger partial charge in [0.1, 0.15) is 5.69 Å². The van der Waals surface area contributed by atoms with E-state index in [4.69, 9.17) is 0 Å². The van der Waals surface area contributed by atoms with Crippen molar-refractivity contribution in [3.8, 4) is 5.69 Å². The van der Waals surface area contributed by atoms with Crippen molar-refractivity contribution in [2.75, 3.05) is 6.54 Å². The Morgan fingerprint density at radius 1 is 1.24 bits per heavy atom. The smallest absolute Gasteiger partial charge is 0.103 e. The van der Waals surface area contributed by atoms with Crippen LogP contribution in [0.2, 0.25) is 0 Å². The number of halogens is 1. The minimum Gasteiger partial charge on any atom is -0.309 e. The summed E-state index contributed by atoms with van der Waals surface area (Å²) in [6, 6.07) is 4.44. The van der Waals surface area contributed by atoms with Crippen molar-refractivity contribution in [3.05, 3.63) is 39.1 Å². The molecule has 1 N–H and O–H groups in total. The van der Waals surface area contributed by atoms with E-state index in [9.17, 15) is 0 Å². The molecule has 0 bridgehead atoms. The Bertz CT molecular complexity index is 610. The first-order chi connectivity index (χ1) is 9.95. The van der Waals surface area contributed by atoms with Gasteiger partial charge in [-0.2, -0.15) is 0 Å². The van der Waals surface area contributed by atoms with Gasteiger partial charge in [-0.25, -0.2) is 4.68 Å². The summed E-state index contributed by atoms with van der Waals surface area (Å²) >= 11 is 3.54. The molecule has 0 saturated heterocycles. The zero-order chi connectivity index (χ0) is 15.6. The van der Waals surface area contributed by atoms with Gasteiger partial charge in [0.05, 0.1) is 17.4 Å². The molecule has 2 aromatic rings. The summed E-state index contributed by atoms with van der Waals surface area (Å²) in [4.78, 5) is 0. The Morgan fingerprint density at radius 3 is 2.43 bits per heavy atom. The van der Waals surface area contributed by atoms with E-state index in [1.165, 1.54) is 11.1 Å². The van der Waals surface area contributed by atoms with E-state index in [-0.39, 0.29) is 6.04 Å². The third kappa shape index (κ3) is 3.35. The standard InChI is InChI=1S/C16H23BrN4/c1-6-7-18-12(4)15-13(5)21(20-19-15)16-10(2)8-14(17)9-11(16)3/h8-9,12,18H,6-7H2,1-5H3. The Labute approximate surface area is 135 Å². The lowest BCUT2D eigenvalue weighted by Crippen LogP contribution is -2.20.